The molecule has 0 fully saturated rings. The van der Waals surface area contributed by atoms with Crippen LogP contribution >= 0.6 is 11.6 Å². The van der Waals surface area contributed by atoms with E-state index in [0.717, 1.165) is 11.1 Å². The molecule has 1 N–H and O–H groups in total. The molecule has 0 atom stereocenters. The smallest absolute Gasteiger partial charge is 0.268 e. The topological polar surface area (TPSA) is 83.6 Å². The van der Waals surface area contributed by atoms with Crippen molar-refractivity contribution in [2.45, 2.75) is 20.3 Å². The Kier molecular flexibility index (Phi) is 6.10. The van der Waals surface area contributed by atoms with Crippen LogP contribution in [-0.4, -0.2) is 37.6 Å². The van der Waals surface area contributed by atoms with E-state index < -0.39 is 28.4 Å². The summed E-state index contributed by atoms with van der Waals surface area (Å²) in [7, 11) is -4.09. The summed E-state index contributed by atoms with van der Waals surface area (Å²) in [5.41, 5.74) is 2.39. The number of amides is 2. The summed E-state index contributed by atoms with van der Waals surface area (Å²) in [4.78, 5) is 24.8. The Morgan fingerprint density at radius 2 is 1.72 bits per heavy atom. The van der Waals surface area contributed by atoms with Crippen molar-refractivity contribution in [3.8, 4) is 0 Å². The first kappa shape index (κ1) is 21.1. The molecule has 2 aromatic carbocycles. The highest BCUT2D eigenvalue weighted by molar-refractivity contribution is 7.99. The van der Waals surface area contributed by atoms with E-state index in [1.807, 2.05) is 25.1 Å². The van der Waals surface area contributed by atoms with Gasteiger partial charge in [0.25, 0.3) is 15.9 Å². The normalized spacial score (nSPS) is 15.7. The third-order valence-electron chi connectivity index (χ3n) is 4.71. The lowest BCUT2D eigenvalue weighted by Crippen LogP contribution is -2.41. The van der Waals surface area contributed by atoms with Gasteiger partial charge in [0, 0.05) is 17.1 Å². The van der Waals surface area contributed by atoms with Crippen LogP contribution in [0.1, 0.15) is 23.6 Å². The molecule has 29 heavy (non-hydrogen) atoms. The predicted molar refractivity (Wildman–Crippen MR) is 113 cm³/mol. The standard InChI is InChI=1S/C21H21ClN2O4S/c1-14-7-9-17(10-8-14)20-15(2)21(26)24(29(20,27)28)13-19(25)23-12-11-16-5-3-4-6-18(16)22/h3-10H,11-13H2,1-2H3,(H,23,25). The number of hydrogen-bond donors (Lipinski definition) is 1. The van der Waals surface area contributed by atoms with Crippen LogP contribution in [-0.2, 0) is 26.0 Å². The Morgan fingerprint density at radius 3 is 2.38 bits per heavy atom. The zero-order valence-corrected chi connectivity index (χ0v) is 17.7. The third kappa shape index (κ3) is 4.36. The van der Waals surface area contributed by atoms with E-state index >= 15 is 0 Å². The lowest BCUT2D eigenvalue weighted by atomic mass is 10.1. The highest BCUT2D eigenvalue weighted by atomic mass is 35.5. The van der Waals surface area contributed by atoms with Crippen molar-refractivity contribution in [3.63, 3.8) is 0 Å². The minimum absolute atomic E-state index is 0.0497. The van der Waals surface area contributed by atoms with Gasteiger partial charge in [-0.1, -0.05) is 59.6 Å². The van der Waals surface area contributed by atoms with Gasteiger partial charge in [0.05, 0.1) is 0 Å². The van der Waals surface area contributed by atoms with Gasteiger partial charge in [-0.25, -0.2) is 12.7 Å². The highest BCUT2D eigenvalue weighted by Gasteiger charge is 2.43. The molecule has 1 heterocycles. The first-order valence-corrected chi connectivity index (χ1v) is 10.9. The molecule has 1 aliphatic heterocycles. The molecule has 2 amide bonds. The number of rotatable bonds is 6. The molecule has 0 spiro atoms. The summed E-state index contributed by atoms with van der Waals surface area (Å²) in [6.45, 7) is 3.07. The van der Waals surface area contributed by atoms with Gasteiger partial charge in [-0.2, -0.15) is 0 Å². The lowest BCUT2D eigenvalue weighted by molar-refractivity contribution is -0.128. The van der Waals surface area contributed by atoms with Crippen molar-refractivity contribution in [3.05, 3.63) is 75.8 Å². The van der Waals surface area contributed by atoms with Crippen LogP contribution in [0.2, 0.25) is 5.02 Å². The Balaban J connectivity index is 1.68. The zero-order valence-electron chi connectivity index (χ0n) is 16.1. The van der Waals surface area contributed by atoms with Gasteiger partial charge < -0.3 is 5.32 Å². The number of aryl methyl sites for hydroxylation is 1. The fourth-order valence-corrected chi connectivity index (χ4v) is 5.15. The number of carbonyl (C=O) groups excluding carboxylic acids is 2. The molecule has 0 aromatic heterocycles. The number of carbonyl (C=O) groups is 2. The van der Waals surface area contributed by atoms with E-state index in [2.05, 4.69) is 5.32 Å². The molecule has 0 bridgehead atoms. The van der Waals surface area contributed by atoms with E-state index in [1.165, 1.54) is 6.92 Å². The van der Waals surface area contributed by atoms with Crippen molar-refractivity contribution in [2.75, 3.05) is 13.1 Å². The summed E-state index contributed by atoms with van der Waals surface area (Å²) in [5, 5.41) is 3.24. The molecule has 3 rings (SSSR count). The maximum Gasteiger partial charge on any atom is 0.268 e. The SMILES string of the molecule is CC1=C(c2ccc(C)cc2)S(=O)(=O)N(CC(=O)NCCc2ccccc2Cl)C1=O. The maximum atomic E-state index is 12.9. The zero-order chi connectivity index (χ0) is 21.2. The quantitative estimate of drug-likeness (QED) is 0.760. The molecule has 0 aliphatic carbocycles. The average molecular weight is 433 g/mol. The number of nitrogens with one attached hydrogen (secondary N) is 1. The van der Waals surface area contributed by atoms with E-state index in [4.69, 9.17) is 11.6 Å². The summed E-state index contributed by atoms with van der Waals surface area (Å²) in [6, 6.07) is 14.1. The third-order valence-corrected chi connectivity index (χ3v) is 7.01. The van der Waals surface area contributed by atoms with Crippen molar-refractivity contribution in [2.24, 2.45) is 0 Å². The van der Waals surface area contributed by atoms with Crippen LogP contribution < -0.4 is 5.32 Å². The Labute approximate surface area is 175 Å². The first-order valence-electron chi connectivity index (χ1n) is 9.07. The van der Waals surface area contributed by atoms with Gasteiger partial charge in [-0.3, -0.25) is 9.59 Å². The maximum absolute atomic E-state index is 12.9. The van der Waals surface area contributed by atoms with Crippen LogP contribution in [0.5, 0.6) is 0 Å². The molecule has 0 unspecified atom stereocenters. The van der Waals surface area contributed by atoms with Gasteiger partial charge in [-0.15, -0.1) is 0 Å². The molecule has 0 radical (unpaired) electrons. The Bertz CT molecular complexity index is 1090. The minimum atomic E-state index is -4.09. The molecule has 0 saturated heterocycles. The largest absolute Gasteiger partial charge is 0.354 e. The molecule has 152 valence electrons. The van der Waals surface area contributed by atoms with E-state index in [-0.39, 0.29) is 17.0 Å². The first-order chi connectivity index (χ1) is 13.7. The Morgan fingerprint density at radius 1 is 1.07 bits per heavy atom. The second-order valence-electron chi connectivity index (χ2n) is 6.83. The lowest BCUT2D eigenvalue weighted by Gasteiger charge is -2.16. The number of nitrogens with zero attached hydrogens (tertiary/aromatic N) is 1. The minimum Gasteiger partial charge on any atom is -0.354 e. The predicted octanol–water partition coefficient (Wildman–Crippen LogP) is 2.91. The molecule has 6 nitrogen and oxygen atoms in total. The van der Waals surface area contributed by atoms with Crippen molar-refractivity contribution >= 4 is 38.3 Å². The van der Waals surface area contributed by atoms with E-state index in [1.54, 1.807) is 30.3 Å². The molecule has 0 saturated carbocycles. The van der Waals surface area contributed by atoms with Crippen molar-refractivity contribution < 1.29 is 18.0 Å². The summed E-state index contributed by atoms with van der Waals surface area (Å²) >= 11 is 6.08. The number of hydrogen-bond acceptors (Lipinski definition) is 4. The second kappa shape index (κ2) is 8.39. The van der Waals surface area contributed by atoms with E-state index in [0.29, 0.717) is 21.3 Å². The van der Waals surface area contributed by atoms with Crippen molar-refractivity contribution in [1.82, 2.24) is 9.62 Å². The van der Waals surface area contributed by atoms with Gasteiger partial charge in [0.2, 0.25) is 5.91 Å². The van der Waals surface area contributed by atoms with Crippen LogP contribution in [0, 0.1) is 6.92 Å². The van der Waals surface area contributed by atoms with Crippen LogP contribution in [0.3, 0.4) is 0 Å². The molecule has 8 heteroatoms. The monoisotopic (exact) mass is 432 g/mol. The molecular formula is C21H21ClN2O4S. The van der Waals surface area contributed by atoms with Crippen LogP contribution in [0.15, 0.2) is 54.1 Å². The summed E-state index contributed by atoms with van der Waals surface area (Å²) in [6.07, 6.45) is 0.498. The molecule has 2 aromatic rings. The van der Waals surface area contributed by atoms with Gasteiger partial charge in [0.1, 0.15) is 11.4 Å². The number of sulfonamides is 1. The molecule has 1 aliphatic rings. The Hall–Kier alpha value is -2.64. The van der Waals surface area contributed by atoms with Gasteiger partial charge in [-0.05, 0) is 37.5 Å². The number of benzene rings is 2. The fourth-order valence-electron chi connectivity index (χ4n) is 3.15. The van der Waals surface area contributed by atoms with E-state index in [9.17, 15) is 18.0 Å². The van der Waals surface area contributed by atoms with Gasteiger partial charge >= 0.3 is 0 Å². The van der Waals surface area contributed by atoms with Crippen LogP contribution in [0.4, 0.5) is 0 Å². The second-order valence-corrected chi connectivity index (χ2v) is 9.03. The van der Waals surface area contributed by atoms with Crippen LogP contribution in [0.25, 0.3) is 4.91 Å². The van der Waals surface area contributed by atoms with Crippen molar-refractivity contribution in [1.29, 1.82) is 0 Å². The summed E-state index contributed by atoms with van der Waals surface area (Å²) in [5.74, 6) is -1.23. The van der Waals surface area contributed by atoms with Gasteiger partial charge in [0.15, 0.2) is 0 Å². The highest BCUT2D eigenvalue weighted by Crippen LogP contribution is 2.35. The fraction of sp³-hybridized carbons (Fsp3) is 0.238. The summed E-state index contributed by atoms with van der Waals surface area (Å²) < 4.78 is 26.5. The average Bonchev–Trinajstić information content (AvgIpc) is 2.84. The molecular weight excluding hydrogens is 412 g/mol. The number of halogens is 1.